The van der Waals surface area contributed by atoms with Crippen molar-refractivity contribution < 1.29 is 4.57 Å². The number of aromatic nitrogens is 1. The minimum absolute atomic E-state index is 1.18. The molecular formula is C23H42N+. The standard InChI is InChI=1S/C23H42N/c1-4-5-6-7-8-9-10-11-12-13-14-15-16-17-18-24-20-22(2)19-23(3)21-24/h19-21H,4-18H2,1-3H3/q+1. The van der Waals surface area contributed by atoms with Crippen molar-refractivity contribution in [1.82, 2.24) is 0 Å². The molecule has 138 valence electrons. The molecular weight excluding hydrogens is 290 g/mol. The number of nitrogens with zero attached hydrogens (tertiary/aromatic N) is 1. The zero-order valence-corrected chi connectivity index (χ0v) is 16.8. The summed E-state index contributed by atoms with van der Waals surface area (Å²) in [5.74, 6) is 0. The SMILES string of the molecule is CCCCCCCCCCCCCCCC[n+]1cc(C)cc(C)c1. The largest absolute Gasteiger partial charge is 0.205 e. The fourth-order valence-corrected chi connectivity index (χ4v) is 3.61. The summed E-state index contributed by atoms with van der Waals surface area (Å²) in [5, 5.41) is 0. The van der Waals surface area contributed by atoms with Gasteiger partial charge in [0.05, 0.1) is 0 Å². The van der Waals surface area contributed by atoms with E-state index in [2.05, 4.69) is 43.8 Å². The number of unbranched alkanes of at least 4 members (excludes halogenated alkanes) is 13. The lowest BCUT2D eigenvalue weighted by atomic mass is 10.0. The number of pyridine rings is 1. The van der Waals surface area contributed by atoms with E-state index in [4.69, 9.17) is 0 Å². The molecule has 1 aromatic heterocycles. The van der Waals surface area contributed by atoms with Crippen LogP contribution in [0.5, 0.6) is 0 Å². The van der Waals surface area contributed by atoms with Crippen molar-refractivity contribution >= 4 is 0 Å². The monoisotopic (exact) mass is 332 g/mol. The zero-order valence-electron chi connectivity index (χ0n) is 16.8. The quantitative estimate of drug-likeness (QED) is 0.239. The Balaban J connectivity index is 1.84. The maximum atomic E-state index is 2.37. The highest BCUT2D eigenvalue weighted by atomic mass is 14.9. The molecule has 0 bridgehead atoms. The van der Waals surface area contributed by atoms with E-state index in [1.807, 2.05) is 0 Å². The molecule has 0 unspecified atom stereocenters. The van der Waals surface area contributed by atoms with Crippen molar-refractivity contribution in [3.63, 3.8) is 0 Å². The van der Waals surface area contributed by atoms with Gasteiger partial charge in [-0.15, -0.1) is 0 Å². The molecule has 0 aliphatic carbocycles. The van der Waals surface area contributed by atoms with E-state index in [-0.39, 0.29) is 0 Å². The van der Waals surface area contributed by atoms with Gasteiger partial charge in [0.1, 0.15) is 6.54 Å². The summed E-state index contributed by atoms with van der Waals surface area (Å²) in [6.07, 6.45) is 24.6. The van der Waals surface area contributed by atoms with Crippen molar-refractivity contribution in [2.75, 3.05) is 0 Å². The fourth-order valence-electron chi connectivity index (χ4n) is 3.61. The number of hydrogen-bond acceptors (Lipinski definition) is 0. The molecule has 24 heavy (non-hydrogen) atoms. The normalized spacial score (nSPS) is 11.1. The molecule has 1 nitrogen and oxygen atoms in total. The molecule has 0 fully saturated rings. The lowest BCUT2D eigenvalue weighted by Crippen LogP contribution is -2.33. The Kier molecular flexibility index (Phi) is 12.8. The average Bonchev–Trinajstić information content (AvgIpc) is 2.54. The van der Waals surface area contributed by atoms with Crippen molar-refractivity contribution in [2.45, 2.75) is 117 Å². The summed E-state index contributed by atoms with van der Waals surface area (Å²) in [5.41, 5.74) is 2.75. The van der Waals surface area contributed by atoms with Crippen LogP contribution in [0.4, 0.5) is 0 Å². The van der Waals surface area contributed by atoms with E-state index in [0.29, 0.717) is 0 Å². The van der Waals surface area contributed by atoms with Crippen LogP contribution in [0, 0.1) is 13.8 Å². The van der Waals surface area contributed by atoms with Crippen molar-refractivity contribution in [3.8, 4) is 0 Å². The molecule has 0 aliphatic heterocycles. The van der Waals surface area contributed by atoms with Crippen LogP contribution < -0.4 is 4.57 Å². The van der Waals surface area contributed by atoms with Crippen molar-refractivity contribution in [1.29, 1.82) is 0 Å². The molecule has 0 aromatic carbocycles. The molecule has 1 heteroatoms. The lowest BCUT2D eigenvalue weighted by molar-refractivity contribution is -0.698. The van der Waals surface area contributed by atoms with Crippen LogP contribution in [0.15, 0.2) is 18.5 Å². The predicted octanol–water partition coefficient (Wildman–Crippen LogP) is 7.07. The first-order valence-corrected chi connectivity index (χ1v) is 10.7. The van der Waals surface area contributed by atoms with Gasteiger partial charge in [0.15, 0.2) is 12.4 Å². The van der Waals surface area contributed by atoms with Crippen LogP contribution >= 0.6 is 0 Å². The maximum absolute atomic E-state index is 2.37. The summed E-state index contributed by atoms with van der Waals surface area (Å²) in [6.45, 7) is 7.85. The third kappa shape index (κ3) is 11.6. The van der Waals surface area contributed by atoms with Crippen molar-refractivity contribution in [2.24, 2.45) is 0 Å². The van der Waals surface area contributed by atoms with Gasteiger partial charge in [0, 0.05) is 17.5 Å². The maximum Gasteiger partial charge on any atom is 0.171 e. The number of rotatable bonds is 15. The molecule has 1 aromatic rings. The van der Waals surface area contributed by atoms with Gasteiger partial charge in [-0.1, -0.05) is 84.0 Å². The minimum atomic E-state index is 1.18. The third-order valence-electron chi connectivity index (χ3n) is 4.96. The Morgan fingerprint density at radius 3 is 1.38 bits per heavy atom. The van der Waals surface area contributed by atoms with Gasteiger partial charge >= 0.3 is 0 Å². The highest BCUT2D eigenvalue weighted by molar-refractivity contribution is 5.11. The summed E-state index contributed by atoms with van der Waals surface area (Å²) in [6, 6.07) is 2.25. The van der Waals surface area contributed by atoms with Gasteiger partial charge in [0.2, 0.25) is 0 Å². The highest BCUT2D eigenvalue weighted by Crippen LogP contribution is 2.12. The van der Waals surface area contributed by atoms with Crippen LogP contribution in [0.3, 0.4) is 0 Å². The average molecular weight is 333 g/mol. The van der Waals surface area contributed by atoms with Crippen LogP contribution in [0.25, 0.3) is 0 Å². The van der Waals surface area contributed by atoms with E-state index in [0.717, 1.165) is 0 Å². The molecule has 0 saturated heterocycles. The smallest absolute Gasteiger partial charge is 0.171 e. The minimum Gasteiger partial charge on any atom is -0.205 e. The Labute approximate surface area is 151 Å². The summed E-state index contributed by atoms with van der Waals surface area (Å²) in [7, 11) is 0. The van der Waals surface area contributed by atoms with E-state index >= 15 is 0 Å². The highest BCUT2D eigenvalue weighted by Gasteiger charge is 2.02. The molecule has 0 saturated carbocycles. The van der Waals surface area contributed by atoms with E-state index < -0.39 is 0 Å². The van der Waals surface area contributed by atoms with Crippen LogP contribution in [-0.4, -0.2) is 0 Å². The Morgan fingerprint density at radius 2 is 0.958 bits per heavy atom. The predicted molar refractivity (Wildman–Crippen MR) is 106 cm³/mol. The second kappa shape index (κ2) is 14.5. The molecule has 1 heterocycles. The second-order valence-electron chi connectivity index (χ2n) is 7.72. The molecule has 0 radical (unpaired) electrons. The first kappa shape index (κ1) is 21.2. The second-order valence-corrected chi connectivity index (χ2v) is 7.72. The molecule has 0 amide bonds. The topological polar surface area (TPSA) is 3.88 Å². The first-order chi connectivity index (χ1) is 11.7. The van der Waals surface area contributed by atoms with Crippen molar-refractivity contribution in [3.05, 3.63) is 29.6 Å². The van der Waals surface area contributed by atoms with Gasteiger partial charge < -0.3 is 0 Å². The lowest BCUT2D eigenvalue weighted by Gasteiger charge is -2.03. The zero-order chi connectivity index (χ0) is 17.5. The van der Waals surface area contributed by atoms with Gasteiger partial charge in [-0.3, -0.25) is 0 Å². The van der Waals surface area contributed by atoms with Gasteiger partial charge in [0.25, 0.3) is 0 Å². The Bertz CT molecular complexity index is 390. The first-order valence-electron chi connectivity index (χ1n) is 10.7. The molecule has 1 rings (SSSR count). The number of hydrogen-bond donors (Lipinski definition) is 0. The molecule has 0 spiro atoms. The molecule has 0 atom stereocenters. The van der Waals surface area contributed by atoms with E-state index in [1.54, 1.807) is 0 Å². The Hall–Kier alpha value is -0.850. The van der Waals surface area contributed by atoms with Gasteiger partial charge in [-0.05, 0) is 26.3 Å². The molecule has 0 N–H and O–H groups in total. The molecule has 0 aliphatic rings. The van der Waals surface area contributed by atoms with Crippen LogP contribution in [-0.2, 0) is 6.54 Å². The van der Waals surface area contributed by atoms with Crippen LogP contribution in [0.1, 0.15) is 108 Å². The summed E-state index contributed by atoms with van der Waals surface area (Å²) in [4.78, 5) is 0. The fraction of sp³-hybridized carbons (Fsp3) is 0.783. The third-order valence-corrected chi connectivity index (χ3v) is 4.96. The van der Waals surface area contributed by atoms with E-state index in [1.165, 1.54) is 108 Å². The van der Waals surface area contributed by atoms with Crippen LogP contribution in [0.2, 0.25) is 0 Å². The van der Waals surface area contributed by atoms with E-state index in [9.17, 15) is 0 Å². The summed E-state index contributed by atoms with van der Waals surface area (Å²) < 4.78 is 2.37. The Morgan fingerprint density at radius 1 is 0.583 bits per heavy atom. The summed E-state index contributed by atoms with van der Waals surface area (Å²) >= 11 is 0. The van der Waals surface area contributed by atoms with Gasteiger partial charge in [-0.2, -0.15) is 0 Å². The van der Waals surface area contributed by atoms with Gasteiger partial charge in [-0.25, -0.2) is 4.57 Å². The number of aryl methyl sites for hydroxylation is 3.